The van der Waals surface area contributed by atoms with E-state index in [4.69, 9.17) is 14.6 Å². The quantitative estimate of drug-likeness (QED) is 0.833. The number of rotatable bonds is 5. The predicted octanol–water partition coefficient (Wildman–Crippen LogP) is 1.13. The van der Waals surface area contributed by atoms with Gasteiger partial charge in [0.2, 0.25) is 0 Å². The van der Waals surface area contributed by atoms with E-state index in [0.717, 1.165) is 31.1 Å². The SMILES string of the molecule is COc1cc(CN2CC(CO)C2)cc(OC)c1. The van der Waals surface area contributed by atoms with Crippen LogP contribution in [0.15, 0.2) is 18.2 Å². The highest BCUT2D eigenvalue weighted by Crippen LogP contribution is 2.25. The third kappa shape index (κ3) is 2.90. The van der Waals surface area contributed by atoms with E-state index in [1.165, 1.54) is 5.56 Å². The number of benzene rings is 1. The van der Waals surface area contributed by atoms with E-state index in [-0.39, 0.29) is 6.61 Å². The molecule has 4 nitrogen and oxygen atoms in total. The molecular formula is C13H19NO3. The summed E-state index contributed by atoms with van der Waals surface area (Å²) < 4.78 is 10.5. The molecule has 94 valence electrons. The Morgan fingerprint density at radius 2 is 1.76 bits per heavy atom. The fourth-order valence-electron chi connectivity index (χ4n) is 2.14. The van der Waals surface area contributed by atoms with Gasteiger partial charge in [-0.25, -0.2) is 0 Å². The summed E-state index contributed by atoms with van der Waals surface area (Å²) in [6.45, 7) is 3.11. The Balaban J connectivity index is 2.00. The molecule has 0 saturated carbocycles. The Morgan fingerprint density at radius 1 is 1.18 bits per heavy atom. The lowest BCUT2D eigenvalue weighted by Crippen LogP contribution is -2.47. The summed E-state index contributed by atoms with van der Waals surface area (Å²) in [7, 11) is 3.31. The van der Waals surface area contributed by atoms with Crippen molar-refractivity contribution in [1.82, 2.24) is 4.90 Å². The monoisotopic (exact) mass is 237 g/mol. The third-order valence-corrected chi connectivity index (χ3v) is 3.11. The standard InChI is InChI=1S/C13H19NO3/c1-16-12-3-10(4-13(5-12)17-2)6-14-7-11(8-14)9-15/h3-5,11,15H,6-9H2,1-2H3. The first kappa shape index (κ1) is 12.2. The second-order valence-corrected chi connectivity index (χ2v) is 4.46. The fraction of sp³-hybridized carbons (Fsp3) is 0.538. The molecule has 1 N–H and O–H groups in total. The largest absolute Gasteiger partial charge is 0.497 e. The summed E-state index contributed by atoms with van der Waals surface area (Å²) >= 11 is 0. The van der Waals surface area contributed by atoms with Crippen molar-refractivity contribution in [2.45, 2.75) is 6.54 Å². The van der Waals surface area contributed by atoms with Gasteiger partial charge in [0, 0.05) is 38.2 Å². The van der Waals surface area contributed by atoms with Gasteiger partial charge in [-0.2, -0.15) is 0 Å². The zero-order valence-electron chi connectivity index (χ0n) is 10.3. The Kier molecular flexibility index (Phi) is 3.86. The van der Waals surface area contributed by atoms with Gasteiger partial charge in [-0.3, -0.25) is 4.90 Å². The van der Waals surface area contributed by atoms with Crippen molar-refractivity contribution < 1.29 is 14.6 Å². The maximum Gasteiger partial charge on any atom is 0.122 e. The van der Waals surface area contributed by atoms with Crippen LogP contribution in [0.3, 0.4) is 0 Å². The van der Waals surface area contributed by atoms with Crippen molar-refractivity contribution in [1.29, 1.82) is 0 Å². The molecule has 0 aromatic heterocycles. The van der Waals surface area contributed by atoms with Crippen molar-refractivity contribution in [2.24, 2.45) is 5.92 Å². The van der Waals surface area contributed by atoms with Gasteiger partial charge in [-0.05, 0) is 17.7 Å². The van der Waals surface area contributed by atoms with Crippen molar-refractivity contribution in [3.63, 3.8) is 0 Å². The molecule has 1 aromatic carbocycles. The molecule has 0 amide bonds. The highest BCUT2D eigenvalue weighted by molar-refractivity contribution is 5.38. The minimum atomic E-state index is 0.290. The van der Waals surface area contributed by atoms with Crippen LogP contribution in [0.1, 0.15) is 5.56 Å². The average molecular weight is 237 g/mol. The van der Waals surface area contributed by atoms with Gasteiger partial charge in [0.25, 0.3) is 0 Å². The molecule has 1 aliphatic heterocycles. The lowest BCUT2D eigenvalue weighted by molar-refractivity contribution is 0.0478. The number of hydrogen-bond acceptors (Lipinski definition) is 4. The molecule has 1 aromatic rings. The second kappa shape index (κ2) is 5.38. The molecule has 1 heterocycles. The molecule has 2 rings (SSSR count). The molecule has 17 heavy (non-hydrogen) atoms. The maximum atomic E-state index is 8.97. The number of ether oxygens (including phenoxy) is 2. The summed E-state index contributed by atoms with van der Waals surface area (Å²) in [5.41, 5.74) is 1.18. The zero-order chi connectivity index (χ0) is 12.3. The fourth-order valence-corrected chi connectivity index (χ4v) is 2.14. The van der Waals surface area contributed by atoms with E-state index in [1.807, 2.05) is 18.2 Å². The van der Waals surface area contributed by atoms with Crippen molar-refractivity contribution in [3.05, 3.63) is 23.8 Å². The highest BCUT2D eigenvalue weighted by Gasteiger charge is 2.25. The van der Waals surface area contributed by atoms with E-state index in [0.29, 0.717) is 5.92 Å². The molecule has 0 aliphatic carbocycles. The molecule has 1 aliphatic rings. The molecule has 1 fully saturated rings. The van der Waals surface area contributed by atoms with E-state index >= 15 is 0 Å². The molecule has 0 radical (unpaired) electrons. The minimum absolute atomic E-state index is 0.290. The van der Waals surface area contributed by atoms with Gasteiger partial charge >= 0.3 is 0 Å². The first-order chi connectivity index (χ1) is 8.25. The van der Waals surface area contributed by atoms with Crippen LogP contribution >= 0.6 is 0 Å². The molecule has 0 unspecified atom stereocenters. The van der Waals surface area contributed by atoms with Crippen LogP contribution in [-0.2, 0) is 6.54 Å². The number of hydrogen-bond donors (Lipinski definition) is 1. The Morgan fingerprint density at radius 3 is 2.24 bits per heavy atom. The number of nitrogens with zero attached hydrogens (tertiary/aromatic N) is 1. The van der Waals surface area contributed by atoms with Crippen LogP contribution in [0.4, 0.5) is 0 Å². The smallest absolute Gasteiger partial charge is 0.122 e. The van der Waals surface area contributed by atoms with Crippen LogP contribution in [0.5, 0.6) is 11.5 Å². The number of likely N-dealkylation sites (tertiary alicyclic amines) is 1. The van der Waals surface area contributed by atoms with Gasteiger partial charge in [-0.1, -0.05) is 0 Å². The van der Waals surface area contributed by atoms with Crippen LogP contribution in [0, 0.1) is 5.92 Å². The molecular weight excluding hydrogens is 218 g/mol. The summed E-state index contributed by atoms with van der Waals surface area (Å²) in [5, 5.41) is 8.97. The second-order valence-electron chi connectivity index (χ2n) is 4.46. The maximum absolute atomic E-state index is 8.97. The normalized spacial score (nSPS) is 16.6. The van der Waals surface area contributed by atoms with Gasteiger partial charge < -0.3 is 14.6 Å². The number of aliphatic hydroxyl groups is 1. The van der Waals surface area contributed by atoms with E-state index in [2.05, 4.69) is 4.90 Å². The van der Waals surface area contributed by atoms with Gasteiger partial charge in [0.15, 0.2) is 0 Å². The van der Waals surface area contributed by atoms with Crippen molar-refractivity contribution in [2.75, 3.05) is 33.9 Å². The van der Waals surface area contributed by atoms with Gasteiger partial charge in [-0.15, -0.1) is 0 Å². The lowest BCUT2D eigenvalue weighted by Gasteiger charge is -2.38. The summed E-state index contributed by atoms with van der Waals surface area (Å²) in [6, 6.07) is 5.92. The van der Waals surface area contributed by atoms with Crippen molar-refractivity contribution in [3.8, 4) is 11.5 Å². The van der Waals surface area contributed by atoms with Crippen LogP contribution in [0.2, 0.25) is 0 Å². The molecule has 0 spiro atoms. The van der Waals surface area contributed by atoms with E-state index in [1.54, 1.807) is 14.2 Å². The van der Waals surface area contributed by atoms with Gasteiger partial charge in [0.1, 0.15) is 11.5 Å². The Bertz CT molecular complexity index is 353. The van der Waals surface area contributed by atoms with Crippen LogP contribution in [0.25, 0.3) is 0 Å². The highest BCUT2D eigenvalue weighted by atomic mass is 16.5. The molecule has 1 saturated heterocycles. The minimum Gasteiger partial charge on any atom is -0.497 e. The van der Waals surface area contributed by atoms with Crippen molar-refractivity contribution >= 4 is 0 Å². The zero-order valence-corrected chi connectivity index (χ0v) is 10.3. The first-order valence-corrected chi connectivity index (χ1v) is 5.80. The molecule has 0 bridgehead atoms. The van der Waals surface area contributed by atoms with Crippen LogP contribution < -0.4 is 9.47 Å². The molecule has 4 heteroatoms. The first-order valence-electron chi connectivity index (χ1n) is 5.80. The Labute approximate surface area is 102 Å². The van der Waals surface area contributed by atoms with Crippen LogP contribution in [-0.4, -0.2) is 43.9 Å². The van der Waals surface area contributed by atoms with E-state index < -0.39 is 0 Å². The third-order valence-electron chi connectivity index (χ3n) is 3.11. The topological polar surface area (TPSA) is 41.9 Å². The predicted molar refractivity (Wildman–Crippen MR) is 65.4 cm³/mol. The summed E-state index contributed by atoms with van der Waals surface area (Å²) in [6.07, 6.45) is 0. The summed E-state index contributed by atoms with van der Waals surface area (Å²) in [5.74, 6) is 2.08. The summed E-state index contributed by atoms with van der Waals surface area (Å²) in [4.78, 5) is 2.30. The van der Waals surface area contributed by atoms with Gasteiger partial charge in [0.05, 0.1) is 14.2 Å². The number of methoxy groups -OCH3 is 2. The number of aliphatic hydroxyl groups excluding tert-OH is 1. The Hall–Kier alpha value is -1.26. The van der Waals surface area contributed by atoms with E-state index in [9.17, 15) is 0 Å². The average Bonchev–Trinajstić information content (AvgIpc) is 2.32. The molecule has 0 atom stereocenters. The lowest BCUT2D eigenvalue weighted by atomic mass is 10.0.